The van der Waals surface area contributed by atoms with Crippen molar-refractivity contribution in [2.75, 3.05) is 13.1 Å². The third-order valence-electron chi connectivity index (χ3n) is 2.69. The first-order valence-electron chi connectivity index (χ1n) is 5.07. The molecule has 0 aliphatic carbocycles. The summed E-state index contributed by atoms with van der Waals surface area (Å²) in [4.78, 5) is 4.51. The van der Waals surface area contributed by atoms with E-state index in [2.05, 4.69) is 17.2 Å². The summed E-state index contributed by atoms with van der Waals surface area (Å²) in [7, 11) is 0. The standard InChI is InChI=1S/C10H20N2/c1-3-10(12-4-2)9-5-7-11-8-6-9/h4,9-11H,3,5-8H2,1-2H3. The van der Waals surface area contributed by atoms with Gasteiger partial charge in [-0.05, 0) is 51.4 Å². The van der Waals surface area contributed by atoms with E-state index in [0.717, 1.165) is 5.92 Å². The van der Waals surface area contributed by atoms with Crippen LogP contribution in [0, 0.1) is 5.92 Å². The lowest BCUT2D eigenvalue weighted by atomic mass is 9.89. The van der Waals surface area contributed by atoms with Gasteiger partial charge in [-0.1, -0.05) is 6.92 Å². The zero-order valence-corrected chi connectivity index (χ0v) is 8.21. The second kappa shape index (κ2) is 5.31. The number of piperidine rings is 1. The van der Waals surface area contributed by atoms with E-state index >= 15 is 0 Å². The van der Waals surface area contributed by atoms with Crippen molar-refractivity contribution >= 4 is 6.21 Å². The fraction of sp³-hybridized carbons (Fsp3) is 0.900. The van der Waals surface area contributed by atoms with E-state index in [-0.39, 0.29) is 0 Å². The van der Waals surface area contributed by atoms with Gasteiger partial charge in [0.2, 0.25) is 0 Å². The molecule has 1 N–H and O–H groups in total. The normalized spacial score (nSPS) is 23.2. The lowest BCUT2D eigenvalue weighted by Gasteiger charge is -2.27. The zero-order chi connectivity index (χ0) is 8.81. The number of hydrogen-bond donors (Lipinski definition) is 1. The van der Waals surface area contributed by atoms with Gasteiger partial charge in [0, 0.05) is 0 Å². The highest BCUT2D eigenvalue weighted by Crippen LogP contribution is 2.20. The molecule has 0 aromatic heterocycles. The van der Waals surface area contributed by atoms with E-state index < -0.39 is 0 Å². The number of aliphatic imine (C=N–C) groups is 1. The molecule has 0 saturated carbocycles. The molecule has 1 rings (SSSR count). The Balaban J connectivity index is 2.40. The van der Waals surface area contributed by atoms with Crippen molar-refractivity contribution in [1.82, 2.24) is 5.32 Å². The topological polar surface area (TPSA) is 24.4 Å². The van der Waals surface area contributed by atoms with Crippen LogP contribution in [0.25, 0.3) is 0 Å². The highest BCUT2D eigenvalue weighted by molar-refractivity contribution is 5.53. The Labute approximate surface area is 75.5 Å². The third kappa shape index (κ3) is 2.59. The first-order chi connectivity index (χ1) is 5.88. The van der Waals surface area contributed by atoms with Gasteiger partial charge in [0.05, 0.1) is 6.04 Å². The predicted octanol–water partition coefficient (Wildman–Crippen LogP) is 1.86. The molecule has 0 bridgehead atoms. The maximum Gasteiger partial charge on any atom is 0.0522 e. The summed E-state index contributed by atoms with van der Waals surface area (Å²) >= 11 is 0. The van der Waals surface area contributed by atoms with Gasteiger partial charge in [-0.3, -0.25) is 4.99 Å². The van der Waals surface area contributed by atoms with Crippen LogP contribution in [0.3, 0.4) is 0 Å². The maximum atomic E-state index is 4.51. The fourth-order valence-corrected chi connectivity index (χ4v) is 1.98. The van der Waals surface area contributed by atoms with Gasteiger partial charge in [-0.15, -0.1) is 0 Å². The van der Waals surface area contributed by atoms with Crippen molar-refractivity contribution < 1.29 is 0 Å². The predicted molar refractivity (Wildman–Crippen MR) is 53.8 cm³/mol. The van der Waals surface area contributed by atoms with Crippen molar-refractivity contribution in [2.45, 2.75) is 39.2 Å². The molecule has 1 saturated heterocycles. The highest BCUT2D eigenvalue weighted by Gasteiger charge is 2.20. The first kappa shape index (κ1) is 9.72. The number of nitrogens with one attached hydrogen (secondary N) is 1. The van der Waals surface area contributed by atoms with Gasteiger partial charge in [-0.2, -0.15) is 0 Å². The number of rotatable bonds is 3. The van der Waals surface area contributed by atoms with Crippen molar-refractivity contribution in [2.24, 2.45) is 10.9 Å². The second-order valence-corrected chi connectivity index (χ2v) is 3.47. The molecule has 1 heterocycles. The van der Waals surface area contributed by atoms with Gasteiger partial charge >= 0.3 is 0 Å². The monoisotopic (exact) mass is 168 g/mol. The molecule has 70 valence electrons. The Morgan fingerprint density at radius 1 is 1.50 bits per heavy atom. The molecule has 1 aliphatic heterocycles. The van der Waals surface area contributed by atoms with Crippen LogP contribution in [0.4, 0.5) is 0 Å². The minimum absolute atomic E-state index is 0.581. The van der Waals surface area contributed by atoms with E-state index in [1.807, 2.05) is 13.1 Å². The quantitative estimate of drug-likeness (QED) is 0.639. The Kier molecular flexibility index (Phi) is 4.30. The van der Waals surface area contributed by atoms with Gasteiger partial charge in [0.15, 0.2) is 0 Å². The smallest absolute Gasteiger partial charge is 0.0522 e. The van der Waals surface area contributed by atoms with Gasteiger partial charge in [0.1, 0.15) is 0 Å². The molecule has 2 nitrogen and oxygen atoms in total. The van der Waals surface area contributed by atoms with Gasteiger partial charge in [0.25, 0.3) is 0 Å². The van der Waals surface area contributed by atoms with Crippen molar-refractivity contribution in [3.8, 4) is 0 Å². The molecule has 0 spiro atoms. The Bertz CT molecular complexity index is 137. The Hall–Kier alpha value is -0.370. The molecule has 0 radical (unpaired) electrons. The van der Waals surface area contributed by atoms with Crippen molar-refractivity contribution in [1.29, 1.82) is 0 Å². The van der Waals surface area contributed by atoms with Crippen LogP contribution in [-0.2, 0) is 0 Å². The summed E-state index contributed by atoms with van der Waals surface area (Å²) in [5.41, 5.74) is 0. The van der Waals surface area contributed by atoms with Gasteiger partial charge < -0.3 is 5.32 Å². The largest absolute Gasteiger partial charge is 0.317 e. The minimum Gasteiger partial charge on any atom is -0.317 e. The maximum absolute atomic E-state index is 4.51. The highest BCUT2D eigenvalue weighted by atomic mass is 14.9. The molecular formula is C10H20N2. The number of nitrogens with zero attached hydrogens (tertiary/aromatic N) is 1. The summed E-state index contributed by atoms with van der Waals surface area (Å²) in [6, 6.07) is 0.581. The SMILES string of the molecule is CC=NC(CC)C1CCNCC1. The molecule has 0 aromatic rings. The fourth-order valence-electron chi connectivity index (χ4n) is 1.98. The van der Waals surface area contributed by atoms with Crippen molar-refractivity contribution in [3.63, 3.8) is 0 Å². The van der Waals surface area contributed by atoms with Gasteiger partial charge in [-0.25, -0.2) is 0 Å². The lowest BCUT2D eigenvalue weighted by Crippen LogP contribution is -2.33. The van der Waals surface area contributed by atoms with Crippen LogP contribution in [0.5, 0.6) is 0 Å². The molecular weight excluding hydrogens is 148 g/mol. The zero-order valence-electron chi connectivity index (χ0n) is 8.21. The summed E-state index contributed by atoms with van der Waals surface area (Å²) < 4.78 is 0. The van der Waals surface area contributed by atoms with Crippen LogP contribution in [0.15, 0.2) is 4.99 Å². The van der Waals surface area contributed by atoms with E-state index in [1.165, 1.54) is 32.4 Å². The van der Waals surface area contributed by atoms with Crippen LogP contribution in [0.1, 0.15) is 33.1 Å². The van der Waals surface area contributed by atoms with E-state index in [0.29, 0.717) is 6.04 Å². The average Bonchev–Trinajstić information content (AvgIpc) is 2.15. The molecule has 1 atom stereocenters. The van der Waals surface area contributed by atoms with E-state index in [9.17, 15) is 0 Å². The first-order valence-corrected chi connectivity index (χ1v) is 5.07. The van der Waals surface area contributed by atoms with Crippen LogP contribution < -0.4 is 5.32 Å². The number of hydrogen-bond acceptors (Lipinski definition) is 2. The third-order valence-corrected chi connectivity index (χ3v) is 2.69. The van der Waals surface area contributed by atoms with E-state index in [1.54, 1.807) is 0 Å². The van der Waals surface area contributed by atoms with Crippen LogP contribution in [0.2, 0.25) is 0 Å². The molecule has 2 heteroatoms. The molecule has 0 amide bonds. The minimum atomic E-state index is 0.581. The summed E-state index contributed by atoms with van der Waals surface area (Å²) in [6.45, 7) is 6.62. The Morgan fingerprint density at radius 3 is 2.67 bits per heavy atom. The summed E-state index contributed by atoms with van der Waals surface area (Å²) in [5, 5.41) is 3.38. The van der Waals surface area contributed by atoms with E-state index in [4.69, 9.17) is 0 Å². The second-order valence-electron chi connectivity index (χ2n) is 3.47. The lowest BCUT2D eigenvalue weighted by molar-refractivity contribution is 0.315. The average molecular weight is 168 g/mol. The van der Waals surface area contributed by atoms with Crippen LogP contribution >= 0.6 is 0 Å². The van der Waals surface area contributed by atoms with Crippen LogP contribution in [-0.4, -0.2) is 25.3 Å². The molecule has 1 unspecified atom stereocenters. The molecule has 12 heavy (non-hydrogen) atoms. The molecule has 0 aromatic carbocycles. The summed E-state index contributed by atoms with van der Waals surface area (Å²) in [6.07, 6.45) is 5.75. The summed E-state index contributed by atoms with van der Waals surface area (Å²) in [5.74, 6) is 0.826. The molecule has 1 aliphatic rings. The Morgan fingerprint density at radius 2 is 2.17 bits per heavy atom. The van der Waals surface area contributed by atoms with Crippen molar-refractivity contribution in [3.05, 3.63) is 0 Å². The molecule has 1 fully saturated rings.